The van der Waals surface area contributed by atoms with Crippen molar-refractivity contribution in [2.45, 2.75) is 5.41 Å². The first-order valence-corrected chi connectivity index (χ1v) is 23.8. The fourth-order valence-electron chi connectivity index (χ4n) is 11.8. The van der Waals surface area contributed by atoms with Crippen LogP contribution in [0.4, 0.5) is 17.1 Å². The fraction of sp³-hybridized carbons (Fsp3) is 0.0149. The van der Waals surface area contributed by atoms with Crippen LogP contribution in [0.2, 0.25) is 0 Å². The highest BCUT2D eigenvalue weighted by molar-refractivity contribution is 6.10. The summed E-state index contributed by atoms with van der Waals surface area (Å²) in [6.45, 7) is 0. The quantitative estimate of drug-likeness (QED) is 0.165. The van der Waals surface area contributed by atoms with Gasteiger partial charge in [-0.1, -0.05) is 218 Å². The molecule has 322 valence electrons. The number of furan rings is 1. The second-order valence-corrected chi connectivity index (χ2v) is 18.3. The van der Waals surface area contributed by atoms with Gasteiger partial charge in [0.2, 0.25) is 0 Å². The van der Waals surface area contributed by atoms with Crippen molar-refractivity contribution >= 4 is 39.0 Å². The molecule has 1 heterocycles. The molecule has 2 aliphatic carbocycles. The van der Waals surface area contributed by atoms with Gasteiger partial charge in [0.1, 0.15) is 11.2 Å². The number of anilines is 3. The Morgan fingerprint density at radius 3 is 1.46 bits per heavy atom. The number of hydrogen-bond donors (Lipinski definition) is 0. The van der Waals surface area contributed by atoms with E-state index < -0.39 is 5.41 Å². The van der Waals surface area contributed by atoms with Gasteiger partial charge < -0.3 is 9.32 Å². The van der Waals surface area contributed by atoms with Crippen LogP contribution in [-0.2, 0) is 5.41 Å². The van der Waals surface area contributed by atoms with Crippen LogP contribution >= 0.6 is 0 Å². The number of fused-ring (bicyclic) bond motifs is 15. The van der Waals surface area contributed by atoms with Crippen molar-refractivity contribution < 1.29 is 4.42 Å². The summed E-state index contributed by atoms with van der Waals surface area (Å²) in [5.74, 6) is 0. The van der Waals surface area contributed by atoms with E-state index in [1.54, 1.807) is 0 Å². The van der Waals surface area contributed by atoms with Gasteiger partial charge in [0.05, 0.1) is 11.1 Å². The van der Waals surface area contributed by atoms with E-state index in [2.05, 4.69) is 266 Å². The minimum absolute atomic E-state index is 0.716. The van der Waals surface area contributed by atoms with Gasteiger partial charge in [0.15, 0.2) is 0 Å². The van der Waals surface area contributed by atoms with Crippen LogP contribution in [-0.4, -0.2) is 0 Å². The summed E-state index contributed by atoms with van der Waals surface area (Å²) in [5, 5.41) is 2.25. The molecule has 2 heteroatoms. The van der Waals surface area contributed by atoms with Crippen LogP contribution in [0.1, 0.15) is 22.3 Å². The summed E-state index contributed by atoms with van der Waals surface area (Å²) in [6.07, 6.45) is 0. The maximum atomic E-state index is 6.73. The van der Waals surface area contributed by atoms with E-state index in [4.69, 9.17) is 4.42 Å². The Hall–Kier alpha value is -8.98. The average molecular weight is 878 g/mol. The lowest BCUT2D eigenvalue weighted by Gasteiger charge is -2.36. The van der Waals surface area contributed by atoms with Gasteiger partial charge in [-0.2, -0.15) is 0 Å². The van der Waals surface area contributed by atoms with E-state index in [1.807, 2.05) is 0 Å². The summed E-state index contributed by atoms with van der Waals surface area (Å²) in [5.41, 5.74) is 23.7. The van der Waals surface area contributed by atoms with Gasteiger partial charge >= 0.3 is 0 Å². The third-order valence-electron chi connectivity index (χ3n) is 14.7. The van der Waals surface area contributed by atoms with E-state index >= 15 is 0 Å². The van der Waals surface area contributed by atoms with Crippen molar-refractivity contribution in [3.05, 3.63) is 283 Å². The molecule has 0 atom stereocenters. The van der Waals surface area contributed by atoms with Gasteiger partial charge in [-0.25, -0.2) is 0 Å². The summed E-state index contributed by atoms with van der Waals surface area (Å²) in [7, 11) is 0. The number of hydrogen-bond acceptors (Lipinski definition) is 2. The molecular weight excluding hydrogens is 835 g/mol. The second-order valence-electron chi connectivity index (χ2n) is 18.3. The molecule has 0 amide bonds. The smallest absolute Gasteiger partial charge is 0.143 e. The van der Waals surface area contributed by atoms with Crippen LogP contribution in [0.3, 0.4) is 0 Å². The van der Waals surface area contributed by atoms with Crippen molar-refractivity contribution in [3.8, 4) is 66.8 Å². The molecule has 0 fully saturated rings. The number of para-hydroxylation sites is 3. The lowest BCUT2D eigenvalue weighted by atomic mass is 9.65. The highest BCUT2D eigenvalue weighted by Gasteiger charge is 2.50. The predicted molar refractivity (Wildman–Crippen MR) is 286 cm³/mol. The van der Waals surface area contributed by atoms with Crippen molar-refractivity contribution in [3.63, 3.8) is 0 Å². The molecule has 14 rings (SSSR count). The Balaban J connectivity index is 1.06. The number of benzene rings is 11. The largest absolute Gasteiger partial charge is 0.455 e. The van der Waals surface area contributed by atoms with Crippen LogP contribution in [0.15, 0.2) is 265 Å². The van der Waals surface area contributed by atoms with Crippen molar-refractivity contribution in [1.82, 2.24) is 0 Å². The first-order chi connectivity index (χ1) is 34.2. The lowest BCUT2D eigenvalue weighted by Crippen LogP contribution is -2.29. The Bertz CT molecular complexity index is 3890. The van der Waals surface area contributed by atoms with Crippen LogP contribution in [0, 0.1) is 0 Å². The molecule has 11 aromatic carbocycles. The zero-order valence-corrected chi connectivity index (χ0v) is 37.7. The van der Waals surface area contributed by atoms with Crippen LogP contribution in [0.25, 0.3) is 88.7 Å². The third-order valence-corrected chi connectivity index (χ3v) is 14.7. The molecule has 69 heavy (non-hydrogen) atoms. The summed E-state index contributed by atoms with van der Waals surface area (Å²) in [6, 6.07) is 95.9. The first-order valence-electron chi connectivity index (χ1n) is 23.8. The van der Waals surface area contributed by atoms with E-state index in [-0.39, 0.29) is 0 Å². The zero-order chi connectivity index (χ0) is 45.5. The summed E-state index contributed by atoms with van der Waals surface area (Å²) < 4.78 is 6.73. The molecule has 12 aromatic rings. The van der Waals surface area contributed by atoms with Crippen LogP contribution in [0.5, 0.6) is 0 Å². The Morgan fingerprint density at radius 1 is 0.275 bits per heavy atom. The highest BCUT2D eigenvalue weighted by Crippen LogP contribution is 2.63. The van der Waals surface area contributed by atoms with Crippen LogP contribution < -0.4 is 4.90 Å². The number of nitrogens with zero attached hydrogens (tertiary/aromatic N) is 1. The molecule has 0 N–H and O–H groups in total. The summed E-state index contributed by atoms with van der Waals surface area (Å²) in [4.78, 5) is 2.46. The highest BCUT2D eigenvalue weighted by atomic mass is 16.3. The monoisotopic (exact) mass is 877 g/mol. The van der Waals surface area contributed by atoms with Gasteiger partial charge in [0.25, 0.3) is 0 Å². The molecule has 0 aliphatic heterocycles. The first kappa shape index (κ1) is 39.2. The van der Waals surface area contributed by atoms with Crippen molar-refractivity contribution in [2.75, 3.05) is 4.90 Å². The van der Waals surface area contributed by atoms with Gasteiger partial charge in [-0.3, -0.25) is 0 Å². The zero-order valence-electron chi connectivity index (χ0n) is 37.7. The Morgan fingerprint density at radius 2 is 0.754 bits per heavy atom. The average Bonchev–Trinajstić information content (AvgIpc) is 3.92. The Kier molecular flexibility index (Phi) is 8.84. The molecular formula is C67H43NO. The fourth-order valence-corrected chi connectivity index (χ4v) is 11.8. The Labute approximate surface area is 401 Å². The molecule has 2 aliphatic rings. The number of rotatable bonds is 6. The topological polar surface area (TPSA) is 16.4 Å². The molecule has 1 aromatic heterocycles. The molecule has 0 radical (unpaired) electrons. The van der Waals surface area contributed by atoms with Crippen molar-refractivity contribution in [2.24, 2.45) is 0 Å². The van der Waals surface area contributed by atoms with Gasteiger partial charge in [-0.05, 0) is 120 Å². The minimum atomic E-state index is -0.716. The van der Waals surface area contributed by atoms with E-state index in [9.17, 15) is 0 Å². The van der Waals surface area contributed by atoms with Crippen molar-refractivity contribution in [1.29, 1.82) is 0 Å². The van der Waals surface area contributed by atoms with Gasteiger partial charge in [0, 0.05) is 33.3 Å². The maximum absolute atomic E-state index is 6.73. The predicted octanol–water partition coefficient (Wildman–Crippen LogP) is 18.1. The SMILES string of the molecule is c1ccc(-c2ccc(N(c3ccc4c(c3)C3(c5ccccc5-c5ccccc5-c5ccccc53)c3cc(-c5cccc6c5oc5ccccc56)ccc3-4)c3ccccc3-c3ccccc3)cc2)cc1. The molecule has 0 unspecified atom stereocenters. The molecule has 1 spiro atoms. The second kappa shape index (κ2) is 15.6. The van der Waals surface area contributed by atoms with E-state index in [0.717, 1.165) is 55.7 Å². The molecule has 0 saturated heterocycles. The van der Waals surface area contributed by atoms with E-state index in [0.29, 0.717) is 0 Å². The van der Waals surface area contributed by atoms with E-state index in [1.165, 1.54) is 72.3 Å². The van der Waals surface area contributed by atoms with Gasteiger partial charge in [-0.15, -0.1) is 0 Å². The lowest BCUT2D eigenvalue weighted by molar-refractivity contribution is 0.670. The minimum Gasteiger partial charge on any atom is -0.455 e. The summed E-state index contributed by atoms with van der Waals surface area (Å²) >= 11 is 0. The molecule has 2 nitrogen and oxygen atoms in total. The normalized spacial score (nSPS) is 12.8. The molecule has 0 bridgehead atoms. The maximum Gasteiger partial charge on any atom is 0.143 e. The third kappa shape index (κ3) is 5.92. The molecule has 0 saturated carbocycles. The standard InChI is InChI=1S/C67H43NO/c1-3-18-44(19-4-1)45-34-37-48(38-35-45)68(64-32-15-11-22-50(64)46-20-5-2-6-21-46)49-39-41-57-56-40-36-47(51-28-17-29-59-58-27-12-16-33-65(58)69-66(51)59)42-62(56)67(63(57)43-49)60-30-13-9-25-54(60)52-23-7-8-24-53(52)55-26-10-14-31-61(55)67/h1-43H.